The Morgan fingerprint density at radius 3 is 2.18 bits per heavy atom. The zero-order chi connectivity index (χ0) is 34.2. The summed E-state index contributed by atoms with van der Waals surface area (Å²) in [6.45, 7) is 18.6. The second kappa shape index (κ2) is 17.7. The second-order valence-corrected chi connectivity index (χ2v) is 13.4. The molecule has 2 heterocycles. The molecule has 0 aromatic heterocycles. The SMILES string of the molecule is C/C=C(\C)[C@H]1OC(=O)[C@H](C)[C@@H](O[C@@H]2O[C@@H](C)[C@@H](O)[C@@H](O)[C@H]2O)/C(C)=C/C=C/[C@H](C)C/C(C)=C/[C@@H](C)[C@H](O)C[C@@H](O)/C(C)=C/[C@H]1C. The Hall–Kier alpha value is -2.11. The van der Waals surface area contributed by atoms with Gasteiger partial charge in [-0.1, -0.05) is 62.8 Å². The van der Waals surface area contributed by atoms with Gasteiger partial charge in [0.15, 0.2) is 6.29 Å². The van der Waals surface area contributed by atoms with Crippen molar-refractivity contribution in [2.24, 2.45) is 23.7 Å². The summed E-state index contributed by atoms with van der Waals surface area (Å²) in [6, 6.07) is 0. The van der Waals surface area contributed by atoms with Crippen molar-refractivity contribution < 1.29 is 44.5 Å². The highest BCUT2D eigenvalue weighted by atomic mass is 16.7. The van der Waals surface area contributed by atoms with E-state index in [0.717, 1.165) is 17.6 Å². The van der Waals surface area contributed by atoms with E-state index >= 15 is 0 Å². The fourth-order valence-corrected chi connectivity index (χ4v) is 5.96. The molecule has 9 nitrogen and oxygen atoms in total. The zero-order valence-electron chi connectivity index (χ0n) is 28.8. The van der Waals surface area contributed by atoms with Gasteiger partial charge in [0.2, 0.25) is 0 Å². The van der Waals surface area contributed by atoms with Crippen LogP contribution >= 0.6 is 0 Å². The standard InChI is InChI=1S/C36H58O9/c1-11-21(4)33-25(8)17-24(7)29(38)18-28(37)23(6)16-20(3)15-19(2)13-12-14-22(5)34(26(9)35(42)44-33)45-36-32(41)31(40)30(39)27(10)43-36/h11-14,16-17,19,23,25-34,36-41H,15,18H2,1-10H3/b13-12+,20-16+,21-11+,22-14+,24-17+/t19-,23+,25+,26+,27-,28+,29+,30+,31+,32+,33+,34-,36-/m0/s1. The van der Waals surface area contributed by atoms with Crippen molar-refractivity contribution in [2.45, 2.75) is 137 Å². The summed E-state index contributed by atoms with van der Waals surface area (Å²) in [5, 5.41) is 53.0. The van der Waals surface area contributed by atoms with E-state index in [1.54, 1.807) is 13.8 Å². The Kier molecular flexibility index (Phi) is 15.4. The first kappa shape index (κ1) is 39.1. The lowest BCUT2D eigenvalue weighted by atomic mass is 9.90. The molecule has 1 fully saturated rings. The minimum absolute atomic E-state index is 0.146. The van der Waals surface area contributed by atoms with Crippen LogP contribution in [0.2, 0.25) is 0 Å². The Balaban J connectivity index is 2.56. The van der Waals surface area contributed by atoms with E-state index in [-0.39, 0.29) is 24.2 Å². The summed E-state index contributed by atoms with van der Waals surface area (Å²) in [5.41, 5.74) is 3.32. The number of carbonyl (C=O) groups is 1. The van der Waals surface area contributed by atoms with Crippen molar-refractivity contribution in [3.05, 3.63) is 58.7 Å². The normalized spacial score (nSPS) is 44.8. The van der Waals surface area contributed by atoms with Gasteiger partial charge in [0.25, 0.3) is 0 Å². The fourth-order valence-electron chi connectivity index (χ4n) is 5.96. The first-order chi connectivity index (χ1) is 21.0. The molecule has 0 aromatic rings. The van der Waals surface area contributed by atoms with Crippen LogP contribution in [0.1, 0.15) is 82.1 Å². The maximum Gasteiger partial charge on any atom is 0.312 e. The number of rotatable bonds is 3. The Morgan fingerprint density at radius 1 is 0.911 bits per heavy atom. The van der Waals surface area contributed by atoms with Gasteiger partial charge in [-0.2, -0.15) is 0 Å². The minimum atomic E-state index is -1.53. The average Bonchev–Trinajstić information content (AvgIpc) is 2.97. The molecule has 0 unspecified atom stereocenters. The molecule has 5 N–H and O–H groups in total. The van der Waals surface area contributed by atoms with Gasteiger partial charge in [0.1, 0.15) is 24.4 Å². The van der Waals surface area contributed by atoms with E-state index in [9.17, 15) is 30.3 Å². The average molecular weight is 635 g/mol. The number of hydrogen-bond acceptors (Lipinski definition) is 9. The lowest BCUT2D eigenvalue weighted by molar-refractivity contribution is -0.303. The third kappa shape index (κ3) is 11.0. The predicted octanol–water partition coefficient (Wildman–Crippen LogP) is 4.53. The lowest BCUT2D eigenvalue weighted by Gasteiger charge is -2.41. The number of aliphatic hydroxyl groups excluding tert-OH is 5. The van der Waals surface area contributed by atoms with Crippen LogP contribution in [0.4, 0.5) is 0 Å². The van der Waals surface area contributed by atoms with Crippen LogP contribution in [0.15, 0.2) is 58.7 Å². The molecule has 2 aliphatic heterocycles. The molecule has 9 heteroatoms. The molecule has 0 saturated carbocycles. The van der Waals surface area contributed by atoms with E-state index in [1.165, 1.54) is 0 Å². The number of aliphatic hydroxyl groups is 5. The van der Waals surface area contributed by atoms with Crippen molar-refractivity contribution in [1.29, 1.82) is 0 Å². The van der Waals surface area contributed by atoms with Crippen LogP contribution in [-0.2, 0) is 19.0 Å². The molecule has 2 rings (SSSR count). The predicted molar refractivity (Wildman–Crippen MR) is 175 cm³/mol. The molecule has 0 spiro atoms. The maximum absolute atomic E-state index is 13.8. The topological polar surface area (TPSA) is 146 Å². The van der Waals surface area contributed by atoms with E-state index in [0.29, 0.717) is 11.1 Å². The molecule has 0 aromatic carbocycles. The number of carbonyl (C=O) groups excluding carboxylic acids is 1. The molecule has 13 atom stereocenters. The van der Waals surface area contributed by atoms with Gasteiger partial charge in [0, 0.05) is 18.3 Å². The molecule has 0 bridgehead atoms. The maximum atomic E-state index is 13.8. The Labute approximate surface area is 270 Å². The van der Waals surface area contributed by atoms with Crippen LogP contribution in [0.3, 0.4) is 0 Å². The van der Waals surface area contributed by atoms with Crippen molar-refractivity contribution in [2.75, 3.05) is 0 Å². The number of cyclic esters (lactones) is 1. The van der Waals surface area contributed by atoms with Gasteiger partial charge in [0.05, 0.1) is 30.3 Å². The van der Waals surface area contributed by atoms with Crippen LogP contribution in [0.25, 0.3) is 0 Å². The number of ether oxygens (including phenoxy) is 3. The Bertz CT molecular complexity index is 1120. The first-order valence-corrected chi connectivity index (χ1v) is 16.2. The summed E-state index contributed by atoms with van der Waals surface area (Å²) in [6.07, 6.45) is 3.06. The van der Waals surface area contributed by atoms with Gasteiger partial charge in [-0.3, -0.25) is 4.79 Å². The summed E-state index contributed by atoms with van der Waals surface area (Å²) < 4.78 is 18.0. The van der Waals surface area contributed by atoms with Crippen LogP contribution in [0, 0.1) is 23.7 Å². The summed E-state index contributed by atoms with van der Waals surface area (Å²) in [4.78, 5) is 13.8. The highest BCUT2D eigenvalue weighted by Crippen LogP contribution is 2.30. The van der Waals surface area contributed by atoms with Crippen molar-refractivity contribution in [1.82, 2.24) is 0 Å². The molecule has 2 aliphatic rings. The molecular formula is C36H58O9. The van der Waals surface area contributed by atoms with E-state index in [2.05, 4.69) is 13.0 Å². The first-order valence-electron chi connectivity index (χ1n) is 16.2. The van der Waals surface area contributed by atoms with Crippen LogP contribution in [0.5, 0.6) is 0 Å². The van der Waals surface area contributed by atoms with Crippen LogP contribution < -0.4 is 0 Å². The summed E-state index contributed by atoms with van der Waals surface area (Å²) in [5.74, 6) is -1.65. The van der Waals surface area contributed by atoms with Crippen molar-refractivity contribution in [3.8, 4) is 0 Å². The molecule has 45 heavy (non-hydrogen) atoms. The van der Waals surface area contributed by atoms with Gasteiger partial charge >= 0.3 is 5.97 Å². The van der Waals surface area contributed by atoms with E-state index in [4.69, 9.17) is 14.2 Å². The molecule has 1 saturated heterocycles. The molecule has 0 aliphatic carbocycles. The van der Waals surface area contributed by atoms with Gasteiger partial charge < -0.3 is 39.7 Å². The highest BCUT2D eigenvalue weighted by molar-refractivity contribution is 5.74. The largest absolute Gasteiger partial charge is 0.457 e. The molecule has 0 radical (unpaired) electrons. The minimum Gasteiger partial charge on any atom is -0.457 e. The third-order valence-electron chi connectivity index (χ3n) is 9.10. The van der Waals surface area contributed by atoms with Gasteiger partial charge in [-0.05, 0) is 77.5 Å². The highest BCUT2D eigenvalue weighted by Gasteiger charge is 2.44. The van der Waals surface area contributed by atoms with Crippen molar-refractivity contribution >= 4 is 5.97 Å². The summed E-state index contributed by atoms with van der Waals surface area (Å²) in [7, 11) is 0. The third-order valence-corrected chi connectivity index (χ3v) is 9.10. The number of allylic oxidation sites excluding steroid dienone is 5. The smallest absolute Gasteiger partial charge is 0.312 e. The van der Waals surface area contributed by atoms with E-state index < -0.39 is 67.0 Å². The second-order valence-electron chi connectivity index (χ2n) is 13.4. The quantitative estimate of drug-likeness (QED) is 0.223. The molecule has 256 valence electrons. The van der Waals surface area contributed by atoms with E-state index in [1.807, 2.05) is 78.8 Å². The van der Waals surface area contributed by atoms with Gasteiger partial charge in [-0.15, -0.1) is 0 Å². The molecular weight excluding hydrogens is 576 g/mol. The summed E-state index contributed by atoms with van der Waals surface area (Å²) >= 11 is 0. The fraction of sp³-hybridized carbons (Fsp3) is 0.694. The Morgan fingerprint density at radius 2 is 1.56 bits per heavy atom. The van der Waals surface area contributed by atoms with Crippen LogP contribution in [-0.4, -0.2) is 86.6 Å². The monoisotopic (exact) mass is 634 g/mol. The number of esters is 1. The number of hydrogen-bond donors (Lipinski definition) is 5. The van der Waals surface area contributed by atoms with Gasteiger partial charge in [-0.25, -0.2) is 0 Å². The zero-order valence-corrected chi connectivity index (χ0v) is 28.8. The van der Waals surface area contributed by atoms with Crippen molar-refractivity contribution in [3.63, 3.8) is 0 Å². The lowest BCUT2D eigenvalue weighted by Crippen LogP contribution is -2.58. The molecule has 0 amide bonds.